The number of likely N-dealkylation sites (tertiary alicyclic amines) is 1. The van der Waals surface area contributed by atoms with Crippen molar-refractivity contribution in [3.05, 3.63) is 58.7 Å². The van der Waals surface area contributed by atoms with Gasteiger partial charge in [-0.2, -0.15) is 0 Å². The lowest BCUT2D eigenvalue weighted by atomic mass is 9.59. The molecule has 3 aliphatic rings. The maximum atomic E-state index is 13.4. The molecule has 2 aromatic carbocycles. The van der Waals surface area contributed by atoms with Crippen molar-refractivity contribution in [3.63, 3.8) is 0 Å². The first-order chi connectivity index (χ1) is 13.0. The Balaban J connectivity index is 1.50. The molecular weight excluding hydrogens is 336 g/mol. The number of phenols is 1. The number of nitrogens with zero attached hydrogens (tertiary/aromatic N) is 2. The fourth-order valence-corrected chi connectivity index (χ4v) is 5.28. The lowest BCUT2D eigenvalue weighted by Crippen LogP contribution is -2.59. The number of carbonyl (C=O) groups is 1. The first kappa shape index (κ1) is 16.5. The van der Waals surface area contributed by atoms with Gasteiger partial charge in [-0.25, -0.2) is 0 Å². The number of hydrogen-bond acceptors (Lipinski definition) is 3. The molecule has 1 fully saturated rings. The Morgan fingerprint density at radius 1 is 1.22 bits per heavy atom. The normalized spacial score (nSPS) is 28.0. The molecule has 5 rings (SSSR count). The molecule has 2 bridgehead atoms. The van der Waals surface area contributed by atoms with Gasteiger partial charge in [-0.3, -0.25) is 9.79 Å². The van der Waals surface area contributed by atoms with E-state index in [9.17, 15) is 9.90 Å². The molecule has 0 unspecified atom stereocenters. The summed E-state index contributed by atoms with van der Waals surface area (Å²) in [4.78, 5) is 19.8. The maximum Gasteiger partial charge on any atom is 0.254 e. The number of aliphatic imine (C=N–C) groups is 1. The molecule has 4 heteroatoms. The molecule has 1 amide bonds. The van der Waals surface area contributed by atoms with Crippen LogP contribution in [-0.2, 0) is 18.3 Å². The van der Waals surface area contributed by atoms with E-state index in [0.29, 0.717) is 11.7 Å². The Kier molecular flexibility index (Phi) is 3.48. The van der Waals surface area contributed by atoms with Crippen molar-refractivity contribution in [2.24, 2.45) is 10.9 Å². The molecule has 2 aromatic rings. The average molecular weight is 360 g/mol. The number of benzene rings is 2. The van der Waals surface area contributed by atoms with E-state index in [2.05, 4.69) is 23.7 Å². The van der Waals surface area contributed by atoms with Crippen LogP contribution in [0.3, 0.4) is 0 Å². The standard InChI is InChI=1S/C23H24N2O2/c1-14-21-12-15-3-5-18(26)13-19(15)23(14,2)8-10-25(21)22(27)17-4-6-20-16(11-17)7-9-24-20/h3-6,9,11,13-14,21,26H,7-8,10,12H2,1-2H3/t14-,21-,23-/m1/s1. The van der Waals surface area contributed by atoms with E-state index in [0.717, 1.165) is 42.6 Å². The van der Waals surface area contributed by atoms with Crippen LogP contribution in [0, 0.1) is 5.92 Å². The van der Waals surface area contributed by atoms with E-state index in [1.165, 1.54) is 11.1 Å². The Hall–Kier alpha value is -2.62. The largest absolute Gasteiger partial charge is 0.508 e. The van der Waals surface area contributed by atoms with Gasteiger partial charge >= 0.3 is 0 Å². The minimum atomic E-state index is -0.000451. The Morgan fingerprint density at radius 2 is 2.07 bits per heavy atom. The summed E-state index contributed by atoms with van der Waals surface area (Å²) in [5, 5.41) is 9.98. The van der Waals surface area contributed by atoms with Gasteiger partial charge in [0.25, 0.3) is 5.91 Å². The molecule has 1 saturated heterocycles. The van der Waals surface area contributed by atoms with Crippen LogP contribution in [-0.4, -0.2) is 34.7 Å². The monoisotopic (exact) mass is 360 g/mol. The third-order valence-corrected chi connectivity index (χ3v) is 7.12. The summed E-state index contributed by atoms with van der Waals surface area (Å²) < 4.78 is 0. The van der Waals surface area contributed by atoms with Crippen molar-refractivity contribution in [1.29, 1.82) is 0 Å². The predicted octanol–water partition coefficient (Wildman–Crippen LogP) is 4.02. The van der Waals surface area contributed by atoms with E-state index < -0.39 is 0 Å². The Morgan fingerprint density at radius 3 is 2.93 bits per heavy atom. The van der Waals surface area contributed by atoms with E-state index in [1.54, 1.807) is 6.07 Å². The molecule has 2 aliphatic heterocycles. The molecule has 4 nitrogen and oxygen atoms in total. The second-order valence-electron chi connectivity index (χ2n) is 8.43. The zero-order valence-electron chi connectivity index (χ0n) is 15.8. The number of aromatic hydroxyl groups is 1. The molecule has 0 saturated carbocycles. The summed E-state index contributed by atoms with van der Waals surface area (Å²) in [6.07, 6.45) is 4.49. The zero-order chi connectivity index (χ0) is 18.8. The first-order valence-corrected chi connectivity index (χ1v) is 9.76. The predicted molar refractivity (Wildman–Crippen MR) is 106 cm³/mol. The maximum absolute atomic E-state index is 13.4. The minimum absolute atomic E-state index is 0.000451. The van der Waals surface area contributed by atoms with E-state index >= 15 is 0 Å². The number of phenolic OH excluding ortho intramolecular Hbond substituents is 1. The van der Waals surface area contributed by atoms with Gasteiger partial charge in [-0.05, 0) is 71.2 Å². The molecule has 138 valence electrons. The highest BCUT2D eigenvalue weighted by Crippen LogP contribution is 2.49. The summed E-state index contributed by atoms with van der Waals surface area (Å²) in [5.74, 6) is 0.813. The smallest absolute Gasteiger partial charge is 0.254 e. The second kappa shape index (κ2) is 5.69. The van der Waals surface area contributed by atoms with Crippen LogP contribution in [0.25, 0.3) is 0 Å². The van der Waals surface area contributed by atoms with Crippen LogP contribution in [0.5, 0.6) is 5.75 Å². The van der Waals surface area contributed by atoms with Crippen molar-refractivity contribution >= 4 is 17.8 Å². The lowest BCUT2D eigenvalue weighted by molar-refractivity contribution is 0.0250. The quantitative estimate of drug-likeness (QED) is 0.835. The van der Waals surface area contributed by atoms with Crippen molar-refractivity contribution in [3.8, 4) is 5.75 Å². The second-order valence-corrected chi connectivity index (χ2v) is 8.43. The van der Waals surface area contributed by atoms with Crippen molar-refractivity contribution < 1.29 is 9.90 Å². The number of rotatable bonds is 1. The van der Waals surface area contributed by atoms with E-state index in [4.69, 9.17) is 0 Å². The zero-order valence-corrected chi connectivity index (χ0v) is 15.8. The van der Waals surface area contributed by atoms with Crippen LogP contribution < -0.4 is 0 Å². The van der Waals surface area contributed by atoms with E-state index in [1.807, 2.05) is 36.5 Å². The molecule has 3 atom stereocenters. The van der Waals surface area contributed by atoms with Gasteiger partial charge in [-0.1, -0.05) is 19.9 Å². The van der Waals surface area contributed by atoms with Gasteiger partial charge in [-0.15, -0.1) is 0 Å². The third kappa shape index (κ3) is 2.35. The first-order valence-electron chi connectivity index (χ1n) is 9.76. The Labute approximate surface area is 159 Å². The third-order valence-electron chi connectivity index (χ3n) is 7.12. The summed E-state index contributed by atoms with van der Waals surface area (Å²) in [6, 6.07) is 11.8. The van der Waals surface area contributed by atoms with Crippen LogP contribution in [0.2, 0.25) is 0 Å². The molecule has 0 spiro atoms. The summed E-state index contributed by atoms with van der Waals surface area (Å²) >= 11 is 0. The van der Waals surface area contributed by atoms with Gasteiger partial charge in [0.1, 0.15) is 5.75 Å². The summed E-state index contributed by atoms with van der Waals surface area (Å²) in [7, 11) is 0. The van der Waals surface area contributed by atoms with Crippen molar-refractivity contribution in [2.45, 2.75) is 44.6 Å². The van der Waals surface area contributed by atoms with Crippen molar-refractivity contribution in [1.82, 2.24) is 4.90 Å². The molecular formula is C23H24N2O2. The number of piperidine rings is 1. The van der Waals surface area contributed by atoms with Crippen LogP contribution in [0.4, 0.5) is 5.69 Å². The van der Waals surface area contributed by atoms with Gasteiger partial charge in [0.15, 0.2) is 0 Å². The topological polar surface area (TPSA) is 52.9 Å². The average Bonchev–Trinajstić information content (AvgIpc) is 3.13. The van der Waals surface area contributed by atoms with Gasteiger partial charge in [0.05, 0.1) is 5.69 Å². The molecule has 2 heterocycles. The van der Waals surface area contributed by atoms with E-state index in [-0.39, 0.29) is 17.4 Å². The van der Waals surface area contributed by atoms with Gasteiger partial charge in [0.2, 0.25) is 0 Å². The number of hydrogen-bond donors (Lipinski definition) is 1. The molecule has 27 heavy (non-hydrogen) atoms. The molecule has 0 aromatic heterocycles. The van der Waals surface area contributed by atoms with Crippen LogP contribution in [0.1, 0.15) is 47.3 Å². The highest BCUT2D eigenvalue weighted by atomic mass is 16.3. The number of carbonyl (C=O) groups excluding carboxylic acids is 1. The summed E-state index contributed by atoms with van der Waals surface area (Å²) in [6.45, 7) is 5.30. The van der Waals surface area contributed by atoms with Gasteiger partial charge in [0, 0.05) is 30.8 Å². The lowest BCUT2D eigenvalue weighted by Gasteiger charge is -2.54. The van der Waals surface area contributed by atoms with Crippen molar-refractivity contribution in [2.75, 3.05) is 6.54 Å². The Bertz CT molecular complexity index is 980. The molecule has 1 aliphatic carbocycles. The van der Waals surface area contributed by atoms with Crippen LogP contribution in [0.15, 0.2) is 41.4 Å². The number of fused-ring (bicyclic) bond motifs is 5. The summed E-state index contributed by atoms with van der Waals surface area (Å²) in [5.41, 5.74) is 5.41. The fraction of sp³-hybridized carbons (Fsp3) is 0.391. The highest BCUT2D eigenvalue weighted by Gasteiger charge is 2.49. The minimum Gasteiger partial charge on any atom is -0.508 e. The SMILES string of the molecule is C[C@@H]1[C@H]2Cc3ccc(O)cc3[C@]1(C)CCN2C(=O)c1ccc2c(c1)CC=N2. The number of amides is 1. The molecule has 0 radical (unpaired) electrons. The fourth-order valence-electron chi connectivity index (χ4n) is 5.28. The molecule has 1 N–H and O–H groups in total. The van der Waals surface area contributed by atoms with Gasteiger partial charge < -0.3 is 10.0 Å². The van der Waals surface area contributed by atoms with Crippen LogP contribution >= 0.6 is 0 Å². The highest BCUT2D eigenvalue weighted by molar-refractivity contribution is 5.96.